The minimum Gasteiger partial charge on any atom is -0.776 e. The van der Waals surface area contributed by atoms with Gasteiger partial charge in [-0.05, 0) is 0 Å². The highest BCUT2D eigenvalue weighted by Gasteiger charge is 2.55. The molecule has 0 fully saturated rings. The number of carbonyl (C=O) groups is 1. The molecular formula is C7H12N2O9P2. The van der Waals surface area contributed by atoms with Crippen molar-refractivity contribution in [3.05, 3.63) is 18.7 Å². The first-order chi connectivity index (χ1) is 8.87. The molecule has 0 amide bonds. The number of carboxylic acids is 1. The molecule has 0 saturated heterocycles. The first-order valence-corrected chi connectivity index (χ1v) is 8.14. The van der Waals surface area contributed by atoms with E-state index >= 15 is 0 Å². The normalized spacial score (nSPS) is 18.2. The molecule has 0 aliphatic carbocycles. The van der Waals surface area contributed by atoms with Crippen molar-refractivity contribution in [2.45, 2.75) is 18.2 Å². The van der Waals surface area contributed by atoms with E-state index in [9.17, 15) is 23.9 Å². The second kappa shape index (κ2) is 5.38. The Bertz CT molecular complexity index is 577. The average Bonchev–Trinajstić information content (AvgIpc) is 2.60. The lowest BCUT2D eigenvalue weighted by molar-refractivity contribution is -0.685. The molecule has 13 heteroatoms. The Morgan fingerprint density at radius 1 is 1.35 bits per heavy atom. The minimum absolute atomic E-state index is 0.477. The van der Waals surface area contributed by atoms with Gasteiger partial charge >= 0.3 is 13.6 Å². The van der Waals surface area contributed by atoms with E-state index in [1.807, 2.05) is 0 Å². The van der Waals surface area contributed by atoms with Gasteiger partial charge in [0.2, 0.25) is 6.33 Å². The summed E-state index contributed by atoms with van der Waals surface area (Å²) in [5.74, 6) is -1.20. The fraction of sp³-hybridized carbons (Fsp3) is 0.429. The molecule has 5 N–H and O–H groups in total. The number of carboxylic acid groups (broad SMARTS) is 1. The first-order valence-electron chi connectivity index (χ1n) is 4.95. The van der Waals surface area contributed by atoms with E-state index in [0.29, 0.717) is 0 Å². The summed E-state index contributed by atoms with van der Waals surface area (Å²) in [4.78, 5) is 48.1. The minimum atomic E-state index is -5.80. The van der Waals surface area contributed by atoms with E-state index in [2.05, 4.69) is 0 Å². The highest BCUT2D eigenvalue weighted by molar-refractivity contribution is 7.71. The summed E-state index contributed by atoms with van der Waals surface area (Å²) in [6.07, 6.45) is 3.27. The molecule has 2 unspecified atom stereocenters. The molecule has 0 aliphatic heterocycles. The van der Waals surface area contributed by atoms with Gasteiger partial charge in [0.15, 0.2) is 14.1 Å². The zero-order valence-electron chi connectivity index (χ0n) is 9.80. The largest absolute Gasteiger partial charge is 0.776 e. The van der Waals surface area contributed by atoms with Gasteiger partial charge in [-0.1, -0.05) is 0 Å². The third-order valence-corrected chi connectivity index (χ3v) is 6.04. The molecule has 0 saturated carbocycles. The number of rotatable bonds is 6. The lowest BCUT2D eigenvalue weighted by atomic mass is 10.6. The fourth-order valence-electron chi connectivity index (χ4n) is 1.37. The Morgan fingerprint density at radius 3 is 2.30 bits per heavy atom. The summed E-state index contributed by atoms with van der Waals surface area (Å²) in [5.41, 5.74) is 0. The van der Waals surface area contributed by atoms with E-state index in [-0.39, 0.29) is 0 Å². The average molecular weight is 330 g/mol. The van der Waals surface area contributed by atoms with Crippen LogP contribution >= 0.6 is 15.2 Å². The lowest BCUT2D eigenvalue weighted by Crippen LogP contribution is -2.39. The summed E-state index contributed by atoms with van der Waals surface area (Å²) >= 11 is 0. The summed E-state index contributed by atoms with van der Waals surface area (Å²) in [7, 11) is -11.4. The Balaban J connectivity index is 3.10. The Kier molecular flexibility index (Phi) is 4.57. The lowest BCUT2D eigenvalue weighted by Gasteiger charge is -2.34. The number of aliphatic carboxylic acids is 1. The van der Waals surface area contributed by atoms with Crippen LogP contribution in [0.1, 0.15) is 0 Å². The van der Waals surface area contributed by atoms with Crippen molar-refractivity contribution in [1.82, 2.24) is 4.57 Å². The van der Waals surface area contributed by atoms with E-state index < -0.39 is 39.3 Å². The van der Waals surface area contributed by atoms with Crippen LogP contribution in [-0.4, -0.2) is 40.5 Å². The van der Waals surface area contributed by atoms with E-state index in [4.69, 9.17) is 19.8 Å². The number of imidazole rings is 1. The van der Waals surface area contributed by atoms with Gasteiger partial charge in [-0.15, -0.1) is 0 Å². The van der Waals surface area contributed by atoms with Crippen LogP contribution in [0.15, 0.2) is 18.7 Å². The van der Waals surface area contributed by atoms with Crippen molar-refractivity contribution in [2.75, 3.05) is 0 Å². The molecule has 1 aromatic heterocycles. The molecular weight excluding hydrogens is 318 g/mol. The quantitative estimate of drug-likeness (QED) is 0.272. The van der Waals surface area contributed by atoms with E-state index in [1.54, 1.807) is 0 Å². The van der Waals surface area contributed by atoms with Gasteiger partial charge < -0.3 is 34.4 Å². The SMILES string of the molecule is O=C(O)C[n+]1ccn(CC(O)(P(=O)([O-])O)P(=O)(O)O)c1. The molecule has 20 heavy (non-hydrogen) atoms. The highest BCUT2D eigenvalue weighted by atomic mass is 31.2. The summed E-state index contributed by atoms with van der Waals surface area (Å²) in [6.45, 7) is -1.64. The van der Waals surface area contributed by atoms with Gasteiger partial charge in [-0.3, -0.25) is 4.57 Å². The third kappa shape index (κ3) is 3.53. The molecule has 0 aliphatic rings. The Labute approximate surface area is 112 Å². The van der Waals surface area contributed by atoms with Crippen LogP contribution in [0.5, 0.6) is 0 Å². The van der Waals surface area contributed by atoms with Crippen LogP contribution in [0.3, 0.4) is 0 Å². The predicted molar refractivity (Wildman–Crippen MR) is 59.1 cm³/mol. The number of nitrogens with zero attached hydrogens (tertiary/aromatic N) is 2. The standard InChI is InChI=1S/C7H12N2O9P2/c10-6(11)3-8-1-2-9(5-8)4-7(12,19(13,14)15)20(16,17)18/h1-2,5,12H,3-4H2,(H4-,10,11,13,14,15,16,17,18). The summed E-state index contributed by atoms with van der Waals surface area (Å²) in [6, 6.07) is 0. The fourth-order valence-corrected chi connectivity index (χ4v) is 3.38. The maximum atomic E-state index is 11.1. The van der Waals surface area contributed by atoms with Gasteiger partial charge in [0.25, 0.3) is 5.08 Å². The van der Waals surface area contributed by atoms with Gasteiger partial charge in [0.05, 0.1) is 0 Å². The van der Waals surface area contributed by atoms with Crippen molar-refractivity contribution >= 4 is 21.2 Å². The van der Waals surface area contributed by atoms with Gasteiger partial charge in [0.1, 0.15) is 18.9 Å². The second-order valence-electron chi connectivity index (χ2n) is 3.99. The predicted octanol–water partition coefficient (Wildman–Crippen LogP) is -2.77. The maximum absolute atomic E-state index is 11.1. The Morgan fingerprint density at radius 2 is 1.90 bits per heavy atom. The molecule has 11 nitrogen and oxygen atoms in total. The molecule has 0 aromatic carbocycles. The highest BCUT2D eigenvalue weighted by Crippen LogP contribution is 2.65. The molecule has 1 rings (SSSR count). The number of hydrogen-bond donors (Lipinski definition) is 5. The van der Waals surface area contributed by atoms with Gasteiger partial charge in [-0.25, -0.2) is 13.9 Å². The maximum Gasteiger partial charge on any atom is 0.369 e. The van der Waals surface area contributed by atoms with Crippen LogP contribution in [-0.2, 0) is 27.0 Å². The number of aliphatic hydroxyl groups is 1. The molecule has 1 aromatic rings. The number of aromatic nitrogens is 2. The summed E-state index contributed by atoms with van der Waals surface area (Å²) < 4.78 is 24.0. The van der Waals surface area contributed by atoms with Gasteiger partial charge in [0, 0.05) is 0 Å². The van der Waals surface area contributed by atoms with Gasteiger partial charge in [-0.2, -0.15) is 0 Å². The van der Waals surface area contributed by atoms with E-state index in [1.165, 1.54) is 6.20 Å². The van der Waals surface area contributed by atoms with E-state index in [0.717, 1.165) is 21.7 Å². The number of hydrogen-bond acceptors (Lipinski definition) is 5. The van der Waals surface area contributed by atoms with Crippen LogP contribution in [0.2, 0.25) is 0 Å². The van der Waals surface area contributed by atoms with Crippen LogP contribution in [0.4, 0.5) is 0 Å². The second-order valence-corrected chi connectivity index (χ2v) is 7.95. The smallest absolute Gasteiger partial charge is 0.369 e. The monoisotopic (exact) mass is 330 g/mol. The van der Waals surface area contributed by atoms with Crippen LogP contribution < -0.4 is 9.46 Å². The Hall–Kier alpha value is -1.06. The molecule has 2 atom stereocenters. The molecule has 114 valence electrons. The molecule has 0 radical (unpaired) electrons. The zero-order chi connectivity index (χ0) is 15.8. The summed E-state index contributed by atoms with van der Waals surface area (Å²) in [5, 5.41) is 14.4. The van der Waals surface area contributed by atoms with Crippen LogP contribution in [0, 0.1) is 0 Å². The first kappa shape index (κ1) is 17.0. The molecule has 0 bridgehead atoms. The zero-order valence-corrected chi connectivity index (χ0v) is 11.6. The third-order valence-electron chi connectivity index (χ3n) is 2.38. The molecule has 1 heterocycles. The van der Waals surface area contributed by atoms with Crippen molar-refractivity contribution in [3.63, 3.8) is 0 Å². The van der Waals surface area contributed by atoms with Crippen molar-refractivity contribution < 1.29 is 48.3 Å². The van der Waals surface area contributed by atoms with Crippen molar-refractivity contribution in [2.24, 2.45) is 0 Å². The van der Waals surface area contributed by atoms with Crippen LogP contribution in [0.25, 0.3) is 0 Å². The van der Waals surface area contributed by atoms with Crippen molar-refractivity contribution in [3.8, 4) is 0 Å². The molecule has 0 spiro atoms. The van der Waals surface area contributed by atoms with Crippen molar-refractivity contribution in [1.29, 1.82) is 0 Å². The topological polar surface area (TPSA) is 184 Å².